The molecule has 7 heteroatoms. The standard InChI is InChI=1S/C8H9BF2O3S/c1-14-5-3-4(9(12)13)6(10)7(11)8(5)15-2/h3,12-13H,1-2H3. The average molecular weight is 234 g/mol. The zero-order valence-electron chi connectivity index (χ0n) is 8.12. The Morgan fingerprint density at radius 1 is 1.33 bits per heavy atom. The Labute approximate surface area is 90.2 Å². The molecule has 0 aromatic heterocycles. The van der Waals surface area contributed by atoms with Crippen LogP contribution in [0.25, 0.3) is 0 Å². The van der Waals surface area contributed by atoms with Crippen LogP contribution in [0.1, 0.15) is 0 Å². The van der Waals surface area contributed by atoms with E-state index in [0.717, 1.165) is 17.8 Å². The Morgan fingerprint density at radius 3 is 2.33 bits per heavy atom. The van der Waals surface area contributed by atoms with Crippen LogP contribution in [0.4, 0.5) is 8.78 Å². The van der Waals surface area contributed by atoms with Crippen molar-refractivity contribution in [2.75, 3.05) is 13.4 Å². The Bertz CT molecular complexity index is 373. The summed E-state index contributed by atoms with van der Waals surface area (Å²) >= 11 is 0.978. The maximum Gasteiger partial charge on any atom is 0.491 e. The maximum atomic E-state index is 13.4. The van der Waals surface area contributed by atoms with Crippen LogP contribution in [-0.4, -0.2) is 30.5 Å². The van der Waals surface area contributed by atoms with Crippen molar-refractivity contribution in [2.24, 2.45) is 0 Å². The summed E-state index contributed by atoms with van der Waals surface area (Å²) in [7, 11) is -0.774. The van der Waals surface area contributed by atoms with E-state index in [-0.39, 0.29) is 10.6 Å². The van der Waals surface area contributed by atoms with Gasteiger partial charge in [-0.15, -0.1) is 11.8 Å². The van der Waals surface area contributed by atoms with Gasteiger partial charge in [0, 0.05) is 5.46 Å². The van der Waals surface area contributed by atoms with Crippen molar-refractivity contribution in [3.05, 3.63) is 17.7 Å². The summed E-state index contributed by atoms with van der Waals surface area (Å²) < 4.78 is 31.4. The summed E-state index contributed by atoms with van der Waals surface area (Å²) in [5.74, 6) is -2.33. The summed E-state index contributed by atoms with van der Waals surface area (Å²) in [5.41, 5.74) is -0.540. The number of methoxy groups -OCH3 is 1. The molecule has 0 spiro atoms. The summed E-state index contributed by atoms with van der Waals surface area (Å²) in [6.07, 6.45) is 1.56. The van der Waals surface area contributed by atoms with Crippen molar-refractivity contribution in [2.45, 2.75) is 4.90 Å². The van der Waals surface area contributed by atoms with E-state index in [9.17, 15) is 8.78 Å². The lowest BCUT2D eigenvalue weighted by Crippen LogP contribution is -2.34. The highest BCUT2D eigenvalue weighted by molar-refractivity contribution is 7.98. The molecule has 1 aromatic carbocycles. The number of hydrogen-bond acceptors (Lipinski definition) is 4. The van der Waals surface area contributed by atoms with E-state index in [1.54, 1.807) is 6.26 Å². The predicted molar refractivity (Wildman–Crippen MR) is 54.5 cm³/mol. The van der Waals surface area contributed by atoms with Gasteiger partial charge in [-0.1, -0.05) is 0 Å². The lowest BCUT2D eigenvalue weighted by atomic mass is 9.79. The largest absolute Gasteiger partial charge is 0.495 e. The van der Waals surface area contributed by atoms with Crippen molar-refractivity contribution in [1.82, 2.24) is 0 Å². The van der Waals surface area contributed by atoms with Crippen LogP contribution in [0.5, 0.6) is 5.75 Å². The highest BCUT2D eigenvalue weighted by Gasteiger charge is 2.24. The van der Waals surface area contributed by atoms with E-state index in [1.165, 1.54) is 7.11 Å². The highest BCUT2D eigenvalue weighted by Crippen LogP contribution is 2.30. The Hall–Kier alpha value is -0.785. The zero-order valence-corrected chi connectivity index (χ0v) is 8.94. The summed E-state index contributed by atoms with van der Waals surface area (Å²) in [6, 6.07) is 1.06. The molecule has 3 nitrogen and oxygen atoms in total. The molecule has 0 heterocycles. The van der Waals surface area contributed by atoms with Gasteiger partial charge in [-0.25, -0.2) is 8.78 Å². The monoisotopic (exact) mass is 234 g/mol. The molecule has 0 bridgehead atoms. The van der Waals surface area contributed by atoms with Crippen LogP contribution in [0.15, 0.2) is 11.0 Å². The van der Waals surface area contributed by atoms with Crippen LogP contribution in [0.2, 0.25) is 0 Å². The highest BCUT2D eigenvalue weighted by atomic mass is 32.2. The second kappa shape index (κ2) is 4.83. The molecule has 0 saturated carbocycles. The number of thioether (sulfide) groups is 1. The predicted octanol–water partition coefficient (Wildman–Crippen LogP) is 0.375. The van der Waals surface area contributed by atoms with E-state index in [1.807, 2.05) is 0 Å². The van der Waals surface area contributed by atoms with E-state index in [2.05, 4.69) is 0 Å². The van der Waals surface area contributed by atoms with Crippen molar-refractivity contribution < 1.29 is 23.6 Å². The van der Waals surface area contributed by atoms with Crippen LogP contribution in [0, 0.1) is 11.6 Å². The smallest absolute Gasteiger partial charge is 0.491 e. The van der Waals surface area contributed by atoms with Gasteiger partial charge in [-0.3, -0.25) is 0 Å². The second-order valence-corrected chi connectivity index (χ2v) is 3.52. The molecule has 1 rings (SSSR count). The molecule has 15 heavy (non-hydrogen) atoms. The zero-order chi connectivity index (χ0) is 11.6. The summed E-state index contributed by atoms with van der Waals surface area (Å²) in [6.45, 7) is 0. The molecule has 0 saturated heterocycles. The van der Waals surface area contributed by atoms with E-state index >= 15 is 0 Å². The maximum absolute atomic E-state index is 13.4. The third kappa shape index (κ3) is 2.24. The topological polar surface area (TPSA) is 49.7 Å². The Morgan fingerprint density at radius 2 is 1.93 bits per heavy atom. The lowest BCUT2D eigenvalue weighted by Gasteiger charge is -2.11. The minimum absolute atomic E-state index is 0.000556. The summed E-state index contributed by atoms with van der Waals surface area (Å²) in [5, 5.41) is 17.6. The number of hydrogen-bond donors (Lipinski definition) is 2. The molecule has 0 fully saturated rings. The first-order valence-electron chi connectivity index (χ1n) is 3.99. The van der Waals surface area contributed by atoms with Crippen LogP contribution in [-0.2, 0) is 0 Å². The van der Waals surface area contributed by atoms with Crippen LogP contribution >= 0.6 is 11.8 Å². The van der Waals surface area contributed by atoms with Gasteiger partial charge in [-0.05, 0) is 12.3 Å². The van der Waals surface area contributed by atoms with Crippen molar-refractivity contribution in [3.8, 4) is 5.75 Å². The molecule has 0 unspecified atom stereocenters. The second-order valence-electron chi connectivity index (χ2n) is 2.70. The third-order valence-electron chi connectivity index (χ3n) is 1.86. The van der Waals surface area contributed by atoms with E-state index in [4.69, 9.17) is 14.8 Å². The number of benzene rings is 1. The van der Waals surface area contributed by atoms with Crippen molar-refractivity contribution >= 4 is 24.3 Å². The Balaban J connectivity index is 3.42. The van der Waals surface area contributed by atoms with Crippen molar-refractivity contribution in [1.29, 1.82) is 0 Å². The minimum Gasteiger partial charge on any atom is -0.495 e. The first kappa shape index (κ1) is 12.3. The molecule has 1 aromatic rings. The van der Waals surface area contributed by atoms with Gasteiger partial charge in [0.15, 0.2) is 11.6 Å². The quantitative estimate of drug-likeness (QED) is 0.586. The molecule has 2 N–H and O–H groups in total. The van der Waals surface area contributed by atoms with Gasteiger partial charge in [0.25, 0.3) is 0 Å². The Kier molecular flexibility index (Phi) is 3.95. The van der Waals surface area contributed by atoms with Gasteiger partial charge >= 0.3 is 7.12 Å². The van der Waals surface area contributed by atoms with Gasteiger partial charge in [0.05, 0.1) is 12.0 Å². The fraction of sp³-hybridized carbons (Fsp3) is 0.250. The lowest BCUT2D eigenvalue weighted by molar-refractivity contribution is 0.386. The van der Waals surface area contributed by atoms with Crippen LogP contribution < -0.4 is 10.2 Å². The fourth-order valence-corrected chi connectivity index (χ4v) is 1.75. The minimum atomic E-state index is -2.07. The number of halogens is 2. The molecule has 0 amide bonds. The number of ether oxygens (including phenoxy) is 1. The van der Waals surface area contributed by atoms with E-state index in [0.29, 0.717) is 0 Å². The van der Waals surface area contributed by atoms with Gasteiger partial charge in [0.2, 0.25) is 0 Å². The molecule has 0 radical (unpaired) electrons. The van der Waals surface area contributed by atoms with E-state index < -0.39 is 24.2 Å². The third-order valence-corrected chi connectivity index (χ3v) is 2.65. The molecule has 0 aliphatic carbocycles. The molecule has 0 aliphatic heterocycles. The first-order valence-corrected chi connectivity index (χ1v) is 5.21. The number of rotatable bonds is 3. The molecule has 0 atom stereocenters. The van der Waals surface area contributed by atoms with Gasteiger partial charge < -0.3 is 14.8 Å². The molecule has 82 valence electrons. The molecular weight excluding hydrogens is 225 g/mol. The fourth-order valence-electron chi connectivity index (χ4n) is 1.13. The van der Waals surface area contributed by atoms with Gasteiger partial charge in [-0.2, -0.15) is 0 Å². The molecule has 0 aliphatic rings. The van der Waals surface area contributed by atoms with Gasteiger partial charge in [0.1, 0.15) is 5.75 Å². The first-order chi connectivity index (χ1) is 7.02. The summed E-state index contributed by atoms with van der Waals surface area (Å²) in [4.78, 5) is -0.000556. The SMILES string of the molecule is COc1cc(B(O)O)c(F)c(F)c1SC. The van der Waals surface area contributed by atoms with Crippen LogP contribution in [0.3, 0.4) is 0 Å². The normalized spacial score (nSPS) is 10.3. The molecular formula is C8H9BF2O3S. The average Bonchev–Trinajstić information content (AvgIpc) is 2.21. The van der Waals surface area contributed by atoms with Crippen molar-refractivity contribution in [3.63, 3.8) is 0 Å².